The van der Waals surface area contributed by atoms with Gasteiger partial charge in [-0.25, -0.2) is 4.79 Å². The molecular weight excluding hydrogens is 322 g/mol. The molecule has 0 unspecified atom stereocenters. The van der Waals surface area contributed by atoms with Gasteiger partial charge in [0.1, 0.15) is 11.4 Å². The fourth-order valence-corrected chi connectivity index (χ4v) is 2.09. The minimum atomic E-state index is -0.559. The van der Waals surface area contributed by atoms with Crippen LogP contribution in [0.1, 0.15) is 40.2 Å². The number of amides is 1. The van der Waals surface area contributed by atoms with Gasteiger partial charge in [0.05, 0.1) is 17.1 Å². The number of carbonyl (C=O) groups excluding carboxylic acids is 1. The molecule has 0 aromatic heterocycles. The van der Waals surface area contributed by atoms with Crippen LogP contribution in [0.5, 0.6) is 5.75 Å². The first-order valence-electron chi connectivity index (χ1n) is 6.40. The number of hydrogen-bond acceptors (Lipinski definition) is 3. The van der Waals surface area contributed by atoms with Gasteiger partial charge in [-0.1, -0.05) is 6.07 Å². The van der Waals surface area contributed by atoms with Gasteiger partial charge in [-0.05, 0) is 68.2 Å². The van der Waals surface area contributed by atoms with E-state index in [9.17, 15) is 4.79 Å². The third-order valence-corrected chi connectivity index (χ3v) is 3.34. The zero-order chi connectivity index (χ0) is 15.6. The second-order valence-corrected chi connectivity index (χ2v) is 6.96. The number of nitrogens with one attached hydrogen (secondary N) is 1. The first-order chi connectivity index (χ1) is 9.05. The normalized spacial score (nSPS) is 11.9. The summed E-state index contributed by atoms with van der Waals surface area (Å²) >= 11 is 3.41. The van der Waals surface area contributed by atoms with Gasteiger partial charge in [0.2, 0.25) is 0 Å². The smallest absolute Gasteiger partial charge is 0.408 e. The largest absolute Gasteiger partial charge is 0.496 e. The van der Waals surface area contributed by atoms with Crippen molar-refractivity contribution >= 4 is 22.0 Å². The Hall–Kier alpha value is -1.23. The molecule has 5 heteroatoms. The minimum absolute atomic E-state index is 0.440. The first-order valence-corrected chi connectivity index (χ1v) is 7.19. The predicted molar refractivity (Wildman–Crippen MR) is 83.1 cm³/mol. The van der Waals surface area contributed by atoms with E-state index in [0.717, 1.165) is 15.8 Å². The molecule has 0 bridgehead atoms. The molecule has 0 atom stereocenters. The van der Waals surface area contributed by atoms with Gasteiger partial charge in [-0.2, -0.15) is 0 Å². The van der Waals surface area contributed by atoms with Crippen LogP contribution < -0.4 is 10.1 Å². The Kier molecular flexibility index (Phi) is 5.08. The highest BCUT2D eigenvalue weighted by Crippen LogP contribution is 2.30. The van der Waals surface area contributed by atoms with Crippen molar-refractivity contribution in [2.45, 2.75) is 45.8 Å². The van der Waals surface area contributed by atoms with Crippen molar-refractivity contribution in [3.63, 3.8) is 0 Å². The Morgan fingerprint density at radius 2 is 1.80 bits per heavy atom. The van der Waals surface area contributed by atoms with Crippen LogP contribution >= 0.6 is 15.9 Å². The molecule has 4 nitrogen and oxygen atoms in total. The van der Waals surface area contributed by atoms with Crippen molar-refractivity contribution in [3.8, 4) is 5.75 Å². The molecule has 0 heterocycles. The molecule has 112 valence electrons. The Morgan fingerprint density at radius 1 is 1.20 bits per heavy atom. The number of carbonyl (C=O) groups is 1. The fraction of sp³-hybridized carbons (Fsp3) is 0.533. The van der Waals surface area contributed by atoms with Crippen LogP contribution in [0.4, 0.5) is 4.79 Å². The van der Waals surface area contributed by atoms with E-state index in [1.165, 1.54) is 0 Å². The lowest BCUT2D eigenvalue weighted by molar-refractivity contribution is 0.0470. The molecule has 0 aliphatic heterocycles. The van der Waals surface area contributed by atoms with Gasteiger partial charge in [0.15, 0.2) is 0 Å². The molecule has 0 aliphatic carbocycles. The molecule has 0 spiro atoms. The minimum Gasteiger partial charge on any atom is -0.496 e. The van der Waals surface area contributed by atoms with E-state index < -0.39 is 17.2 Å². The zero-order valence-corrected chi connectivity index (χ0v) is 14.4. The number of alkyl carbamates (subject to hydrolysis) is 1. The fourth-order valence-electron chi connectivity index (χ4n) is 1.68. The monoisotopic (exact) mass is 343 g/mol. The van der Waals surface area contributed by atoms with Gasteiger partial charge in [-0.15, -0.1) is 0 Å². The van der Waals surface area contributed by atoms with Crippen molar-refractivity contribution < 1.29 is 14.3 Å². The second kappa shape index (κ2) is 6.04. The predicted octanol–water partition coefficient (Wildman–Crippen LogP) is 4.22. The van der Waals surface area contributed by atoms with Crippen molar-refractivity contribution in [1.29, 1.82) is 0 Å². The summed E-state index contributed by atoms with van der Waals surface area (Å²) < 4.78 is 11.4. The van der Waals surface area contributed by atoms with Crippen LogP contribution in [0.3, 0.4) is 0 Å². The lowest BCUT2D eigenvalue weighted by atomic mass is 9.94. The van der Waals surface area contributed by atoms with Crippen LogP contribution in [-0.4, -0.2) is 18.8 Å². The van der Waals surface area contributed by atoms with Crippen LogP contribution in [0.2, 0.25) is 0 Å². The molecule has 0 saturated carbocycles. The van der Waals surface area contributed by atoms with E-state index >= 15 is 0 Å². The molecule has 0 aliphatic rings. The molecular formula is C15H22BrNO3. The van der Waals surface area contributed by atoms with Gasteiger partial charge in [-0.3, -0.25) is 0 Å². The lowest BCUT2D eigenvalue weighted by Crippen LogP contribution is -2.43. The van der Waals surface area contributed by atoms with E-state index in [0.29, 0.717) is 0 Å². The lowest BCUT2D eigenvalue weighted by Gasteiger charge is -2.29. The van der Waals surface area contributed by atoms with Gasteiger partial charge >= 0.3 is 6.09 Å². The van der Waals surface area contributed by atoms with E-state index in [-0.39, 0.29) is 0 Å². The maximum atomic E-state index is 11.9. The van der Waals surface area contributed by atoms with E-state index in [4.69, 9.17) is 9.47 Å². The summed E-state index contributed by atoms with van der Waals surface area (Å²) in [6.45, 7) is 9.34. The van der Waals surface area contributed by atoms with Crippen LogP contribution in [0, 0.1) is 0 Å². The van der Waals surface area contributed by atoms with E-state index in [1.54, 1.807) is 7.11 Å². The topological polar surface area (TPSA) is 47.6 Å². The summed E-state index contributed by atoms with van der Waals surface area (Å²) in [7, 11) is 1.61. The highest BCUT2D eigenvalue weighted by molar-refractivity contribution is 9.10. The van der Waals surface area contributed by atoms with Crippen molar-refractivity contribution in [2.24, 2.45) is 0 Å². The number of benzene rings is 1. The molecule has 0 fully saturated rings. The summed E-state index contributed by atoms with van der Waals surface area (Å²) in [6.07, 6.45) is -0.440. The molecule has 1 N–H and O–H groups in total. The van der Waals surface area contributed by atoms with E-state index in [2.05, 4.69) is 21.2 Å². The summed E-state index contributed by atoms with van der Waals surface area (Å²) in [5.74, 6) is 0.724. The van der Waals surface area contributed by atoms with Crippen LogP contribution in [-0.2, 0) is 10.3 Å². The standard InChI is InChI=1S/C15H22BrNO3/c1-14(2,3)20-13(18)17-15(4,5)10-7-8-11(16)12(9-10)19-6/h7-9H,1-6H3,(H,17,18). The number of ether oxygens (including phenoxy) is 2. The van der Waals surface area contributed by atoms with Crippen LogP contribution in [0.15, 0.2) is 22.7 Å². The van der Waals surface area contributed by atoms with Crippen molar-refractivity contribution in [2.75, 3.05) is 7.11 Å². The molecule has 1 aromatic rings. The maximum absolute atomic E-state index is 11.9. The number of hydrogen-bond donors (Lipinski definition) is 1. The average molecular weight is 344 g/mol. The zero-order valence-electron chi connectivity index (χ0n) is 12.8. The van der Waals surface area contributed by atoms with Gasteiger partial charge < -0.3 is 14.8 Å². The second-order valence-electron chi connectivity index (χ2n) is 6.10. The van der Waals surface area contributed by atoms with Crippen LogP contribution in [0.25, 0.3) is 0 Å². The molecule has 1 amide bonds. The Bertz CT molecular complexity index is 492. The van der Waals surface area contributed by atoms with Gasteiger partial charge in [0.25, 0.3) is 0 Å². The summed E-state index contributed by atoms with van der Waals surface area (Å²) in [5, 5.41) is 2.87. The SMILES string of the molecule is COc1cc(C(C)(C)NC(=O)OC(C)(C)C)ccc1Br. The Labute approximate surface area is 129 Å². The highest BCUT2D eigenvalue weighted by atomic mass is 79.9. The maximum Gasteiger partial charge on any atom is 0.408 e. The number of rotatable bonds is 3. The summed E-state index contributed by atoms with van der Waals surface area (Å²) in [5.41, 5.74) is -0.142. The summed E-state index contributed by atoms with van der Waals surface area (Å²) in [4.78, 5) is 11.9. The van der Waals surface area contributed by atoms with Crippen molar-refractivity contribution in [3.05, 3.63) is 28.2 Å². The van der Waals surface area contributed by atoms with Crippen molar-refractivity contribution in [1.82, 2.24) is 5.32 Å². The molecule has 0 saturated heterocycles. The third kappa shape index (κ3) is 4.71. The number of methoxy groups -OCH3 is 1. The summed E-state index contributed by atoms with van der Waals surface area (Å²) in [6, 6.07) is 5.72. The Balaban J connectivity index is 2.90. The average Bonchev–Trinajstić information content (AvgIpc) is 2.25. The third-order valence-electron chi connectivity index (χ3n) is 2.69. The molecule has 1 rings (SSSR count). The first kappa shape index (κ1) is 16.8. The quantitative estimate of drug-likeness (QED) is 0.893. The van der Waals surface area contributed by atoms with E-state index in [1.807, 2.05) is 52.8 Å². The Morgan fingerprint density at radius 3 is 2.30 bits per heavy atom. The van der Waals surface area contributed by atoms with Gasteiger partial charge in [0, 0.05) is 0 Å². The number of halogens is 1. The highest BCUT2D eigenvalue weighted by Gasteiger charge is 2.26. The molecule has 0 radical (unpaired) electrons. The molecule has 1 aromatic carbocycles. The molecule has 20 heavy (non-hydrogen) atoms.